The van der Waals surface area contributed by atoms with Gasteiger partial charge in [-0.1, -0.05) is 27.7 Å². The first-order chi connectivity index (χ1) is 14.1. The number of pyridine rings is 2. The second-order valence-electron chi connectivity index (χ2n) is 6.85. The summed E-state index contributed by atoms with van der Waals surface area (Å²) in [6, 6.07) is 4.79. The standard InChI is InChI=1S/C19H23N3O4.2C2H6/c1-6-22-11-13(7-8-16(22)24)14-9-15(17(12(2)23)20-10-14)21-18(25)26-19(3,4)5;2*1-2/h7-11H,6H2,1-5H3,(H,21,25);2*1-2H3. The smallest absolute Gasteiger partial charge is 0.412 e. The van der Waals surface area contributed by atoms with Crippen LogP contribution in [-0.2, 0) is 11.3 Å². The molecule has 0 aliphatic carbocycles. The van der Waals surface area contributed by atoms with E-state index in [0.29, 0.717) is 12.1 Å². The van der Waals surface area contributed by atoms with Gasteiger partial charge in [0.1, 0.15) is 11.3 Å². The summed E-state index contributed by atoms with van der Waals surface area (Å²) in [7, 11) is 0. The highest BCUT2D eigenvalue weighted by Gasteiger charge is 2.19. The van der Waals surface area contributed by atoms with Crippen LogP contribution in [-0.4, -0.2) is 27.0 Å². The number of ketones is 1. The van der Waals surface area contributed by atoms with Crippen molar-refractivity contribution in [2.75, 3.05) is 5.32 Å². The Hall–Kier alpha value is -2.96. The van der Waals surface area contributed by atoms with Gasteiger partial charge in [-0.2, -0.15) is 0 Å². The van der Waals surface area contributed by atoms with Crippen LogP contribution in [0.2, 0.25) is 0 Å². The molecule has 0 saturated heterocycles. The van der Waals surface area contributed by atoms with Crippen LogP contribution in [0.4, 0.5) is 10.5 Å². The Bertz CT molecular complexity index is 896. The largest absolute Gasteiger partial charge is 0.444 e. The molecule has 2 heterocycles. The van der Waals surface area contributed by atoms with Gasteiger partial charge in [-0.3, -0.25) is 19.9 Å². The van der Waals surface area contributed by atoms with Crippen molar-refractivity contribution in [1.82, 2.24) is 9.55 Å². The molecule has 0 unspecified atom stereocenters. The van der Waals surface area contributed by atoms with Gasteiger partial charge in [0.15, 0.2) is 5.78 Å². The van der Waals surface area contributed by atoms with Crippen LogP contribution in [0.15, 0.2) is 35.4 Å². The van der Waals surface area contributed by atoms with Crippen molar-refractivity contribution in [3.63, 3.8) is 0 Å². The van der Waals surface area contributed by atoms with E-state index in [0.717, 1.165) is 5.56 Å². The van der Waals surface area contributed by atoms with Crippen LogP contribution in [0.3, 0.4) is 0 Å². The summed E-state index contributed by atoms with van der Waals surface area (Å²) in [4.78, 5) is 39.8. The monoisotopic (exact) mass is 417 g/mol. The number of carbonyl (C=O) groups excluding carboxylic acids is 2. The van der Waals surface area contributed by atoms with Crippen molar-refractivity contribution in [1.29, 1.82) is 0 Å². The molecule has 2 aromatic rings. The molecule has 0 aliphatic heterocycles. The fourth-order valence-electron chi connectivity index (χ4n) is 2.36. The number of hydrogen-bond acceptors (Lipinski definition) is 5. The van der Waals surface area contributed by atoms with Crippen LogP contribution in [0.25, 0.3) is 11.1 Å². The molecule has 1 amide bonds. The number of nitrogens with one attached hydrogen (secondary N) is 1. The molecule has 2 rings (SSSR count). The molecule has 30 heavy (non-hydrogen) atoms. The summed E-state index contributed by atoms with van der Waals surface area (Å²) >= 11 is 0. The fraction of sp³-hybridized carbons (Fsp3) is 0.478. The van der Waals surface area contributed by atoms with Gasteiger partial charge in [-0.25, -0.2) is 4.79 Å². The Kier molecular flexibility index (Phi) is 11.3. The molecule has 166 valence electrons. The highest BCUT2D eigenvalue weighted by atomic mass is 16.6. The van der Waals surface area contributed by atoms with Gasteiger partial charge in [0.2, 0.25) is 0 Å². The minimum absolute atomic E-state index is 0.100. The number of aromatic nitrogens is 2. The summed E-state index contributed by atoms with van der Waals surface area (Å²) in [5.41, 5.74) is 1.06. The molecule has 0 saturated carbocycles. The van der Waals surface area contributed by atoms with Gasteiger partial charge in [-0.15, -0.1) is 0 Å². The number of nitrogens with zero attached hydrogens (tertiary/aromatic N) is 2. The molecule has 0 bridgehead atoms. The van der Waals surface area contributed by atoms with Gasteiger partial charge < -0.3 is 9.30 Å². The lowest BCUT2D eigenvalue weighted by atomic mass is 10.1. The van der Waals surface area contributed by atoms with Crippen molar-refractivity contribution in [2.24, 2.45) is 0 Å². The van der Waals surface area contributed by atoms with E-state index in [2.05, 4.69) is 10.3 Å². The fourth-order valence-corrected chi connectivity index (χ4v) is 2.36. The number of aryl methyl sites for hydroxylation is 1. The lowest BCUT2D eigenvalue weighted by molar-refractivity contribution is 0.0636. The molecule has 0 aliphatic rings. The van der Waals surface area contributed by atoms with Crippen LogP contribution in [0.5, 0.6) is 0 Å². The van der Waals surface area contributed by atoms with E-state index >= 15 is 0 Å². The second kappa shape index (κ2) is 12.6. The number of rotatable bonds is 4. The average molecular weight is 418 g/mol. The average Bonchev–Trinajstić information content (AvgIpc) is 2.69. The maximum absolute atomic E-state index is 12.1. The summed E-state index contributed by atoms with van der Waals surface area (Å²) in [6.07, 6.45) is 2.58. The van der Waals surface area contributed by atoms with Crippen LogP contribution in [0, 0.1) is 0 Å². The molecule has 0 spiro atoms. The highest BCUT2D eigenvalue weighted by molar-refractivity contribution is 6.01. The zero-order valence-corrected chi connectivity index (χ0v) is 19.6. The van der Waals surface area contributed by atoms with Gasteiger partial charge in [0, 0.05) is 37.5 Å². The third kappa shape index (κ3) is 8.19. The Balaban J connectivity index is 0.00000198. The predicted octanol–water partition coefficient (Wildman–Crippen LogP) is 5.53. The van der Waals surface area contributed by atoms with Crippen molar-refractivity contribution in [3.05, 3.63) is 46.6 Å². The van der Waals surface area contributed by atoms with Crippen molar-refractivity contribution < 1.29 is 14.3 Å². The van der Waals surface area contributed by atoms with Crippen molar-refractivity contribution in [2.45, 2.75) is 74.5 Å². The van der Waals surface area contributed by atoms with E-state index in [1.807, 2.05) is 34.6 Å². The normalized spacial score (nSPS) is 10.0. The zero-order chi connectivity index (χ0) is 23.5. The van der Waals surface area contributed by atoms with Gasteiger partial charge in [-0.05, 0) is 45.4 Å². The number of hydrogen-bond donors (Lipinski definition) is 1. The summed E-state index contributed by atoms with van der Waals surface area (Å²) < 4.78 is 6.80. The van der Waals surface area contributed by atoms with Crippen LogP contribution in [0.1, 0.15) is 72.8 Å². The molecule has 1 N–H and O–H groups in total. The van der Waals surface area contributed by atoms with Crippen LogP contribution < -0.4 is 10.9 Å². The number of carbonyl (C=O) groups is 2. The van der Waals surface area contributed by atoms with Crippen molar-refractivity contribution in [3.8, 4) is 11.1 Å². The predicted molar refractivity (Wildman–Crippen MR) is 122 cm³/mol. The lowest BCUT2D eigenvalue weighted by Gasteiger charge is -2.20. The van der Waals surface area contributed by atoms with Crippen molar-refractivity contribution >= 4 is 17.6 Å². The molecule has 7 nitrogen and oxygen atoms in total. The van der Waals surface area contributed by atoms with E-state index in [1.165, 1.54) is 19.2 Å². The molecule has 0 radical (unpaired) electrons. The Morgan fingerprint density at radius 2 is 1.70 bits per heavy atom. The molecule has 0 aromatic carbocycles. The third-order valence-corrected chi connectivity index (χ3v) is 3.51. The second-order valence-corrected chi connectivity index (χ2v) is 6.85. The number of ether oxygens (including phenoxy) is 1. The molecule has 0 atom stereocenters. The van der Waals surface area contributed by atoms with Crippen LogP contribution >= 0.6 is 0 Å². The lowest BCUT2D eigenvalue weighted by Crippen LogP contribution is -2.27. The minimum atomic E-state index is -0.669. The highest BCUT2D eigenvalue weighted by Crippen LogP contribution is 2.24. The van der Waals surface area contributed by atoms with Gasteiger partial charge >= 0.3 is 6.09 Å². The van der Waals surface area contributed by atoms with E-state index < -0.39 is 11.7 Å². The topological polar surface area (TPSA) is 90.3 Å². The number of Topliss-reactive ketones (excluding diaryl/α,β-unsaturated/α-hetero) is 1. The first-order valence-corrected chi connectivity index (χ1v) is 10.3. The van der Waals surface area contributed by atoms with E-state index in [9.17, 15) is 14.4 Å². The van der Waals surface area contributed by atoms with E-state index in [-0.39, 0.29) is 22.7 Å². The molecule has 0 fully saturated rings. The molecular weight excluding hydrogens is 382 g/mol. The SMILES string of the molecule is CC.CC.CCn1cc(-c2cnc(C(C)=O)c(NC(=O)OC(C)(C)C)c2)ccc1=O. The molecule has 7 heteroatoms. The first-order valence-electron chi connectivity index (χ1n) is 10.3. The first kappa shape index (κ1) is 27.0. The summed E-state index contributed by atoms with van der Waals surface area (Å²) in [6.45, 7) is 17.0. The Labute approximate surface area is 179 Å². The Morgan fingerprint density at radius 3 is 2.20 bits per heavy atom. The van der Waals surface area contributed by atoms with E-state index in [4.69, 9.17) is 4.74 Å². The number of amides is 1. The van der Waals surface area contributed by atoms with Gasteiger partial charge in [0.25, 0.3) is 5.56 Å². The minimum Gasteiger partial charge on any atom is -0.444 e. The maximum Gasteiger partial charge on any atom is 0.412 e. The van der Waals surface area contributed by atoms with E-state index in [1.54, 1.807) is 43.7 Å². The quantitative estimate of drug-likeness (QED) is 0.660. The van der Waals surface area contributed by atoms with Gasteiger partial charge in [0.05, 0.1) is 5.69 Å². The molecule has 2 aromatic heterocycles. The molecular formula is C23H35N3O4. The zero-order valence-electron chi connectivity index (χ0n) is 19.6. The summed E-state index contributed by atoms with van der Waals surface area (Å²) in [5, 5.41) is 2.59. The maximum atomic E-state index is 12.1. The third-order valence-electron chi connectivity index (χ3n) is 3.51. The Morgan fingerprint density at radius 1 is 1.10 bits per heavy atom. The number of anilines is 1. The summed E-state index contributed by atoms with van der Waals surface area (Å²) in [5.74, 6) is -0.277.